The highest BCUT2D eigenvalue weighted by Gasteiger charge is 2.42. The lowest BCUT2D eigenvalue weighted by atomic mass is 10.0. The van der Waals surface area contributed by atoms with E-state index < -0.39 is 6.09 Å². The van der Waals surface area contributed by atoms with Crippen molar-refractivity contribution in [3.63, 3.8) is 0 Å². The fraction of sp³-hybridized carbons (Fsp3) is 0.556. The molecule has 0 radical (unpaired) electrons. The van der Waals surface area contributed by atoms with Gasteiger partial charge < -0.3 is 15.0 Å². The van der Waals surface area contributed by atoms with Crippen molar-refractivity contribution >= 4 is 23.8 Å². The van der Waals surface area contributed by atoms with Crippen molar-refractivity contribution in [3.8, 4) is 0 Å². The predicted octanol–water partition coefficient (Wildman–Crippen LogP) is 2.80. The maximum absolute atomic E-state index is 12.5. The lowest BCUT2D eigenvalue weighted by Crippen LogP contribution is -2.50. The molecule has 0 spiro atoms. The first-order valence-electron chi connectivity index (χ1n) is 8.46. The number of nitrogens with one attached hydrogen (secondary N) is 1. The van der Waals surface area contributed by atoms with Crippen molar-refractivity contribution in [2.24, 2.45) is 0 Å². The Morgan fingerprint density at radius 1 is 1.21 bits per heavy atom. The fourth-order valence-electron chi connectivity index (χ4n) is 3.74. The summed E-state index contributed by atoms with van der Waals surface area (Å²) in [6.45, 7) is 0.232. The molecule has 6 heteroatoms. The summed E-state index contributed by atoms with van der Waals surface area (Å²) in [4.78, 5) is 26.3. The monoisotopic (exact) mass is 348 g/mol. The van der Waals surface area contributed by atoms with Crippen LogP contribution >= 0.6 is 11.8 Å². The number of amides is 2. The van der Waals surface area contributed by atoms with Crippen LogP contribution in [-0.2, 0) is 16.1 Å². The Labute approximate surface area is 147 Å². The largest absolute Gasteiger partial charge is 0.445 e. The Morgan fingerprint density at radius 2 is 1.88 bits per heavy atom. The molecular weight excluding hydrogens is 324 g/mol. The van der Waals surface area contributed by atoms with E-state index >= 15 is 0 Å². The maximum Gasteiger partial charge on any atom is 0.407 e. The van der Waals surface area contributed by atoms with Gasteiger partial charge in [-0.05, 0) is 37.5 Å². The zero-order chi connectivity index (χ0) is 16.9. The third-order valence-electron chi connectivity index (χ3n) is 4.91. The number of thioether (sulfide) groups is 1. The molecule has 2 amide bonds. The van der Waals surface area contributed by atoms with Gasteiger partial charge in [0.05, 0.1) is 0 Å². The summed E-state index contributed by atoms with van der Waals surface area (Å²) in [5.74, 6) is 0.0127. The van der Waals surface area contributed by atoms with Gasteiger partial charge in [-0.3, -0.25) is 4.79 Å². The van der Waals surface area contributed by atoms with E-state index in [1.54, 1.807) is 0 Å². The number of fused-ring (bicyclic) bond motifs is 2. The van der Waals surface area contributed by atoms with Crippen molar-refractivity contribution < 1.29 is 14.3 Å². The zero-order valence-electron chi connectivity index (χ0n) is 13.9. The van der Waals surface area contributed by atoms with Crippen molar-refractivity contribution in [3.05, 3.63) is 35.9 Å². The van der Waals surface area contributed by atoms with Gasteiger partial charge in [-0.15, -0.1) is 0 Å². The summed E-state index contributed by atoms with van der Waals surface area (Å²) in [6.07, 6.45) is 5.92. The number of hydrogen-bond acceptors (Lipinski definition) is 4. The van der Waals surface area contributed by atoms with Crippen LogP contribution in [-0.4, -0.2) is 47.0 Å². The third-order valence-corrected chi connectivity index (χ3v) is 5.96. The molecule has 2 heterocycles. The standard InChI is InChI=1S/C18H24N2O3S/c1-24-16-9-14-7-8-15(10-16)20(14)17(21)11-19-18(22)23-12-13-5-3-2-4-6-13/h2-6,14-16H,7-12H2,1H3,(H,19,22). The Hall–Kier alpha value is -1.69. The van der Waals surface area contributed by atoms with E-state index in [-0.39, 0.29) is 19.1 Å². The number of hydrogen-bond donors (Lipinski definition) is 1. The highest BCUT2D eigenvalue weighted by atomic mass is 32.2. The average Bonchev–Trinajstić information content (AvgIpc) is 2.88. The number of carbonyl (C=O) groups is 2. The summed E-state index contributed by atoms with van der Waals surface area (Å²) < 4.78 is 5.15. The van der Waals surface area contributed by atoms with Crippen LogP contribution in [0.15, 0.2) is 30.3 Å². The molecule has 2 fully saturated rings. The zero-order valence-corrected chi connectivity index (χ0v) is 14.8. The van der Waals surface area contributed by atoms with Gasteiger partial charge in [0.15, 0.2) is 0 Å². The molecule has 2 saturated heterocycles. The number of carbonyl (C=O) groups excluding carboxylic acids is 2. The predicted molar refractivity (Wildman–Crippen MR) is 94.8 cm³/mol. The summed E-state index contributed by atoms with van der Waals surface area (Å²) >= 11 is 1.90. The van der Waals surface area contributed by atoms with Gasteiger partial charge in [0, 0.05) is 17.3 Å². The highest BCUT2D eigenvalue weighted by Crippen LogP contribution is 2.39. The lowest BCUT2D eigenvalue weighted by molar-refractivity contribution is -0.134. The van der Waals surface area contributed by atoms with Gasteiger partial charge >= 0.3 is 6.09 Å². The van der Waals surface area contributed by atoms with Gasteiger partial charge in [0.1, 0.15) is 13.2 Å². The van der Waals surface area contributed by atoms with Crippen LogP contribution in [0, 0.1) is 0 Å². The highest BCUT2D eigenvalue weighted by molar-refractivity contribution is 7.99. The topological polar surface area (TPSA) is 58.6 Å². The molecule has 2 aliphatic rings. The molecule has 1 N–H and O–H groups in total. The van der Waals surface area contributed by atoms with Crippen LogP contribution in [0.4, 0.5) is 4.79 Å². The minimum Gasteiger partial charge on any atom is -0.445 e. The first-order valence-corrected chi connectivity index (χ1v) is 9.74. The molecule has 0 aromatic heterocycles. The fourth-order valence-corrected chi connectivity index (χ4v) is 4.57. The summed E-state index contributed by atoms with van der Waals surface area (Å²) in [5, 5.41) is 3.25. The van der Waals surface area contributed by atoms with Crippen LogP contribution in [0.2, 0.25) is 0 Å². The van der Waals surface area contributed by atoms with Crippen molar-refractivity contribution in [2.45, 2.75) is 49.6 Å². The van der Waals surface area contributed by atoms with Crippen LogP contribution < -0.4 is 5.32 Å². The normalized spacial score (nSPS) is 25.4. The SMILES string of the molecule is CSC1CC2CCC(C1)N2C(=O)CNC(=O)OCc1ccccc1. The van der Waals surface area contributed by atoms with Crippen LogP contribution in [0.25, 0.3) is 0 Å². The van der Waals surface area contributed by atoms with Crippen LogP contribution in [0.3, 0.4) is 0 Å². The van der Waals surface area contributed by atoms with Crippen LogP contribution in [0.1, 0.15) is 31.2 Å². The van der Waals surface area contributed by atoms with Crippen molar-refractivity contribution in [2.75, 3.05) is 12.8 Å². The first kappa shape index (κ1) is 17.1. The summed E-state index contributed by atoms with van der Waals surface area (Å²) in [7, 11) is 0. The van der Waals surface area contributed by atoms with Gasteiger partial charge in [0.25, 0.3) is 0 Å². The van der Waals surface area contributed by atoms with E-state index in [1.807, 2.05) is 47.0 Å². The van der Waals surface area contributed by atoms with E-state index in [4.69, 9.17) is 4.74 Å². The summed E-state index contributed by atoms with van der Waals surface area (Å²) in [6, 6.07) is 10.2. The summed E-state index contributed by atoms with van der Waals surface area (Å²) in [5.41, 5.74) is 0.927. The molecule has 2 atom stereocenters. The Balaban J connectivity index is 1.43. The van der Waals surface area contributed by atoms with Crippen molar-refractivity contribution in [1.29, 1.82) is 0 Å². The van der Waals surface area contributed by atoms with E-state index in [0.29, 0.717) is 17.3 Å². The molecule has 24 heavy (non-hydrogen) atoms. The van der Waals surface area contributed by atoms with Gasteiger partial charge in [-0.1, -0.05) is 30.3 Å². The molecular formula is C18H24N2O3S. The van der Waals surface area contributed by atoms with Gasteiger partial charge in [-0.2, -0.15) is 11.8 Å². The number of piperidine rings is 1. The minimum absolute atomic E-state index is 0.0127. The van der Waals surface area contributed by atoms with E-state index in [0.717, 1.165) is 31.2 Å². The molecule has 2 aliphatic heterocycles. The average molecular weight is 348 g/mol. The molecule has 130 valence electrons. The molecule has 2 bridgehead atoms. The smallest absolute Gasteiger partial charge is 0.407 e. The quantitative estimate of drug-likeness (QED) is 0.889. The van der Waals surface area contributed by atoms with Crippen LogP contribution in [0.5, 0.6) is 0 Å². The van der Waals surface area contributed by atoms with E-state index in [1.165, 1.54) is 0 Å². The number of nitrogens with zero attached hydrogens (tertiary/aromatic N) is 1. The molecule has 2 unspecified atom stereocenters. The molecule has 5 nitrogen and oxygen atoms in total. The Bertz CT molecular complexity index is 567. The molecule has 1 aromatic rings. The number of rotatable bonds is 5. The second-order valence-corrected chi connectivity index (χ2v) is 7.57. The van der Waals surface area contributed by atoms with Crippen molar-refractivity contribution in [1.82, 2.24) is 10.2 Å². The molecule has 3 rings (SSSR count). The number of alkyl carbamates (subject to hydrolysis) is 1. The number of benzene rings is 1. The molecule has 1 aromatic carbocycles. The first-order chi connectivity index (χ1) is 11.7. The van der Waals surface area contributed by atoms with E-state index in [9.17, 15) is 9.59 Å². The Morgan fingerprint density at radius 3 is 2.50 bits per heavy atom. The second-order valence-electron chi connectivity index (χ2n) is 6.43. The number of ether oxygens (including phenoxy) is 1. The maximum atomic E-state index is 12.5. The molecule has 0 saturated carbocycles. The lowest BCUT2D eigenvalue weighted by Gasteiger charge is -2.38. The molecule has 0 aliphatic carbocycles. The van der Waals surface area contributed by atoms with Gasteiger partial charge in [-0.25, -0.2) is 4.79 Å². The van der Waals surface area contributed by atoms with Gasteiger partial charge in [0.2, 0.25) is 5.91 Å². The van der Waals surface area contributed by atoms with E-state index in [2.05, 4.69) is 11.6 Å². The second kappa shape index (κ2) is 7.92. The third kappa shape index (κ3) is 4.04. The Kier molecular flexibility index (Phi) is 5.66. The minimum atomic E-state index is -0.543.